The lowest BCUT2D eigenvalue weighted by Crippen LogP contribution is -2.33. The van der Waals surface area contributed by atoms with Gasteiger partial charge in [0.1, 0.15) is 5.56 Å². The molecule has 1 aromatic heterocycles. The van der Waals surface area contributed by atoms with Gasteiger partial charge in [-0.1, -0.05) is 13.8 Å². The average molecular weight is 238 g/mol. The molecule has 1 atom stereocenters. The van der Waals surface area contributed by atoms with Gasteiger partial charge in [0.2, 0.25) is 0 Å². The van der Waals surface area contributed by atoms with E-state index in [4.69, 9.17) is 5.11 Å². The Labute approximate surface area is 96.9 Å². The maximum atomic E-state index is 11.5. The summed E-state index contributed by atoms with van der Waals surface area (Å²) in [6.07, 6.45) is 2.12. The summed E-state index contributed by atoms with van der Waals surface area (Å²) in [5, 5.41) is 8.80. The molecule has 6 nitrogen and oxygen atoms in total. The van der Waals surface area contributed by atoms with Crippen molar-refractivity contribution in [3.05, 3.63) is 32.6 Å². The maximum Gasteiger partial charge on any atom is 0.342 e. The van der Waals surface area contributed by atoms with Crippen LogP contribution >= 0.6 is 0 Å². The van der Waals surface area contributed by atoms with Gasteiger partial charge in [-0.3, -0.25) is 14.3 Å². The summed E-state index contributed by atoms with van der Waals surface area (Å²) in [5.41, 5.74) is -1.61. The number of hydrogen-bond acceptors (Lipinski definition) is 3. The van der Waals surface area contributed by atoms with Gasteiger partial charge >= 0.3 is 11.7 Å². The molecule has 1 heterocycles. The van der Waals surface area contributed by atoms with Crippen LogP contribution in [-0.2, 0) is 6.54 Å². The van der Waals surface area contributed by atoms with E-state index in [1.165, 1.54) is 4.57 Å². The quantitative estimate of drug-likeness (QED) is 0.791. The fourth-order valence-corrected chi connectivity index (χ4v) is 1.92. The van der Waals surface area contributed by atoms with Crippen molar-refractivity contribution in [1.82, 2.24) is 9.55 Å². The zero-order chi connectivity index (χ0) is 12.8. The van der Waals surface area contributed by atoms with Gasteiger partial charge in [-0.05, 0) is 17.8 Å². The van der Waals surface area contributed by atoms with E-state index in [9.17, 15) is 14.4 Å². The number of carbonyl (C=O) groups is 1. The second-order valence-corrected chi connectivity index (χ2v) is 5.15. The van der Waals surface area contributed by atoms with Crippen LogP contribution in [0.15, 0.2) is 15.8 Å². The summed E-state index contributed by atoms with van der Waals surface area (Å²) in [7, 11) is 0. The van der Waals surface area contributed by atoms with Gasteiger partial charge in [0, 0.05) is 12.7 Å². The Morgan fingerprint density at radius 1 is 1.59 bits per heavy atom. The monoisotopic (exact) mass is 238 g/mol. The number of H-pyrrole nitrogens is 1. The predicted molar refractivity (Wildman–Crippen MR) is 60.2 cm³/mol. The minimum absolute atomic E-state index is 0.193. The van der Waals surface area contributed by atoms with Crippen LogP contribution in [0.5, 0.6) is 0 Å². The standard InChI is InChI=1S/C11H14N2O4/c1-11(2)3-6(11)4-13-5-7(9(15)16)8(14)12-10(13)17/h5-6H,3-4H2,1-2H3,(H,15,16)(H,12,14,17). The van der Waals surface area contributed by atoms with Crippen molar-refractivity contribution < 1.29 is 9.90 Å². The average Bonchev–Trinajstić information content (AvgIpc) is 2.78. The second kappa shape index (κ2) is 3.58. The topological polar surface area (TPSA) is 92.2 Å². The van der Waals surface area contributed by atoms with Crippen LogP contribution in [0.2, 0.25) is 0 Å². The summed E-state index contributed by atoms with van der Waals surface area (Å²) in [4.78, 5) is 35.5. The van der Waals surface area contributed by atoms with E-state index in [1.54, 1.807) is 0 Å². The Kier molecular flexibility index (Phi) is 2.45. The summed E-state index contributed by atoms with van der Waals surface area (Å²) in [6, 6.07) is 0. The lowest BCUT2D eigenvalue weighted by Gasteiger charge is -2.07. The first kappa shape index (κ1) is 11.6. The molecule has 2 N–H and O–H groups in total. The molecule has 1 aromatic rings. The lowest BCUT2D eigenvalue weighted by atomic mass is 10.1. The van der Waals surface area contributed by atoms with Crippen LogP contribution < -0.4 is 11.2 Å². The second-order valence-electron chi connectivity index (χ2n) is 5.15. The molecular weight excluding hydrogens is 224 g/mol. The minimum atomic E-state index is -1.32. The molecular formula is C11H14N2O4. The van der Waals surface area contributed by atoms with Gasteiger partial charge in [-0.15, -0.1) is 0 Å². The highest BCUT2D eigenvalue weighted by Crippen LogP contribution is 2.52. The highest BCUT2D eigenvalue weighted by Gasteiger charge is 2.45. The van der Waals surface area contributed by atoms with Crippen LogP contribution in [0.4, 0.5) is 0 Å². The van der Waals surface area contributed by atoms with Crippen molar-refractivity contribution in [3.8, 4) is 0 Å². The Balaban J connectivity index is 2.35. The summed E-state index contributed by atoms with van der Waals surface area (Å²) < 4.78 is 1.27. The van der Waals surface area contributed by atoms with Crippen molar-refractivity contribution in [2.75, 3.05) is 0 Å². The van der Waals surface area contributed by atoms with E-state index in [1.807, 2.05) is 4.98 Å². The number of rotatable bonds is 3. The Hall–Kier alpha value is -1.85. The molecule has 2 rings (SSSR count). The SMILES string of the molecule is CC1(C)CC1Cn1cc(C(=O)O)c(=O)[nH]c1=O. The number of aromatic carboxylic acids is 1. The Morgan fingerprint density at radius 3 is 2.65 bits per heavy atom. The first-order chi connectivity index (χ1) is 7.81. The van der Waals surface area contributed by atoms with Crippen LogP contribution in [0.3, 0.4) is 0 Å². The largest absolute Gasteiger partial charge is 0.477 e. The number of carboxylic acid groups (broad SMARTS) is 1. The fraction of sp³-hybridized carbons (Fsp3) is 0.545. The van der Waals surface area contributed by atoms with E-state index in [0.29, 0.717) is 12.5 Å². The van der Waals surface area contributed by atoms with Crippen molar-refractivity contribution in [3.63, 3.8) is 0 Å². The van der Waals surface area contributed by atoms with Gasteiger partial charge in [-0.25, -0.2) is 9.59 Å². The van der Waals surface area contributed by atoms with Gasteiger partial charge in [0.05, 0.1) is 0 Å². The number of nitrogens with one attached hydrogen (secondary N) is 1. The number of aromatic amines is 1. The van der Waals surface area contributed by atoms with Gasteiger partial charge in [0.15, 0.2) is 0 Å². The normalized spacial score (nSPS) is 21.2. The molecule has 1 saturated carbocycles. The van der Waals surface area contributed by atoms with Crippen LogP contribution in [0.1, 0.15) is 30.6 Å². The molecule has 0 radical (unpaired) electrons. The summed E-state index contributed by atoms with van der Waals surface area (Å²) in [6.45, 7) is 4.63. The van der Waals surface area contributed by atoms with Crippen LogP contribution in [0, 0.1) is 11.3 Å². The zero-order valence-corrected chi connectivity index (χ0v) is 9.69. The molecule has 1 fully saturated rings. The van der Waals surface area contributed by atoms with Crippen molar-refractivity contribution in [1.29, 1.82) is 0 Å². The fourth-order valence-electron chi connectivity index (χ4n) is 1.92. The van der Waals surface area contributed by atoms with E-state index < -0.39 is 22.8 Å². The molecule has 1 aliphatic rings. The molecule has 1 unspecified atom stereocenters. The van der Waals surface area contributed by atoms with Crippen LogP contribution in [0.25, 0.3) is 0 Å². The minimum Gasteiger partial charge on any atom is -0.477 e. The first-order valence-corrected chi connectivity index (χ1v) is 5.38. The van der Waals surface area contributed by atoms with E-state index >= 15 is 0 Å². The third-order valence-corrected chi connectivity index (χ3v) is 3.38. The summed E-state index contributed by atoms with van der Waals surface area (Å²) >= 11 is 0. The highest BCUT2D eigenvalue weighted by molar-refractivity contribution is 5.86. The van der Waals surface area contributed by atoms with E-state index in [-0.39, 0.29) is 5.41 Å². The smallest absolute Gasteiger partial charge is 0.342 e. The number of carboxylic acids is 1. The third kappa shape index (κ3) is 2.15. The highest BCUT2D eigenvalue weighted by atomic mass is 16.4. The molecule has 0 bridgehead atoms. The molecule has 0 spiro atoms. The Morgan fingerprint density at radius 2 is 2.18 bits per heavy atom. The Bertz CT molecular complexity index is 582. The molecule has 0 aromatic carbocycles. The van der Waals surface area contributed by atoms with Gasteiger partial charge < -0.3 is 5.11 Å². The molecule has 1 aliphatic carbocycles. The molecule has 0 saturated heterocycles. The number of aromatic nitrogens is 2. The van der Waals surface area contributed by atoms with Crippen LogP contribution in [-0.4, -0.2) is 20.6 Å². The number of nitrogens with zero attached hydrogens (tertiary/aromatic N) is 1. The summed E-state index contributed by atoms with van der Waals surface area (Å²) in [5.74, 6) is -0.970. The molecule has 0 amide bonds. The predicted octanol–water partition coefficient (Wildman–Crippen LogP) is 0.281. The number of hydrogen-bond donors (Lipinski definition) is 2. The molecule has 0 aliphatic heterocycles. The lowest BCUT2D eigenvalue weighted by molar-refractivity contribution is 0.0693. The molecule has 6 heteroatoms. The first-order valence-electron chi connectivity index (χ1n) is 5.38. The maximum absolute atomic E-state index is 11.5. The van der Waals surface area contributed by atoms with Crippen molar-refractivity contribution in [2.45, 2.75) is 26.8 Å². The van der Waals surface area contributed by atoms with Crippen molar-refractivity contribution in [2.24, 2.45) is 11.3 Å². The molecule has 17 heavy (non-hydrogen) atoms. The van der Waals surface area contributed by atoms with E-state index in [0.717, 1.165) is 12.6 Å². The van der Waals surface area contributed by atoms with Gasteiger partial charge in [0.25, 0.3) is 5.56 Å². The van der Waals surface area contributed by atoms with Gasteiger partial charge in [-0.2, -0.15) is 0 Å². The zero-order valence-electron chi connectivity index (χ0n) is 9.69. The molecule has 92 valence electrons. The van der Waals surface area contributed by atoms with E-state index in [2.05, 4.69) is 13.8 Å². The van der Waals surface area contributed by atoms with Crippen molar-refractivity contribution >= 4 is 5.97 Å². The third-order valence-electron chi connectivity index (χ3n) is 3.38.